The molecule has 3 atom stereocenters. The first kappa shape index (κ1) is 13.9. The van der Waals surface area contributed by atoms with Gasteiger partial charge in [0.2, 0.25) is 0 Å². The number of nitrogens with one attached hydrogen (secondary N) is 1. The van der Waals surface area contributed by atoms with Crippen molar-refractivity contribution in [3.8, 4) is 0 Å². The van der Waals surface area contributed by atoms with E-state index in [2.05, 4.69) is 44.4 Å². The van der Waals surface area contributed by atoms with Crippen molar-refractivity contribution in [1.29, 1.82) is 0 Å². The molecule has 0 amide bonds. The fraction of sp³-hybridized carbons (Fsp3) is 0.625. The molecule has 2 rings (SSSR count). The Bertz CT molecular complexity index is 380. The van der Waals surface area contributed by atoms with Gasteiger partial charge < -0.3 is 5.32 Å². The third kappa shape index (κ3) is 3.27. The monoisotopic (exact) mass is 265 g/mol. The van der Waals surface area contributed by atoms with Crippen LogP contribution in [0.15, 0.2) is 24.3 Å². The van der Waals surface area contributed by atoms with E-state index < -0.39 is 0 Å². The lowest BCUT2D eigenvalue weighted by molar-refractivity contribution is 0.180. The first-order chi connectivity index (χ1) is 8.60. The minimum absolute atomic E-state index is 0.439. The maximum absolute atomic E-state index is 6.11. The van der Waals surface area contributed by atoms with Gasteiger partial charge in [-0.15, -0.1) is 0 Å². The second-order valence-electron chi connectivity index (χ2n) is 6.00. The molecule has 0 spiro atoms. The summed E-state index contributed by atoms with van der Waals surface area (Å²) < 4.78 is 0. The Hall–Kier alpha value is -0.530. The highest BCUT2D eigenvalue weighted by molar-refractivity contribution is 6.30. The summed E-state index contributed by atoms with van der Waals surface area (Å²) in [5, 5.41) is 4.34. The van der Waals surface area contributed by atoms with Crippen LogP contribution in [0.2, 0.25) is 5.02 Å². The summed E-state index contributed by atoms with van der Waals surface area (Å²) in [6.07, 6.45) is 4.02. The van der Waals surface area contributed by atoms with Crippen molar-refractivity contribution >= 4 is 11.6 Å². The molecule has 1 nitrogen and oxygen atoms in total. The second kappa shape index (κ2) is 6.08. The molecule has 3 unspecified atom stereocenters. The van der Waals surface area contributed by atoms with Gasteiger partial charge in [-0.2, -0.15) is 0 Å². The molecule has 1 saturated carbocycles. The lowest BCUT2D eigenvalue weighted by Gasteiger charge is -2.36. The van der Waals surface area contributed by atoms with Gasteiger partial charge in [0, 0.05) is 11.1 Å². The van der Waals surface area contributed by atoms with Crippen LogP contribution >= 0.6 is 11.6 Å². The molecule has 1 aliphatic rings. The minimum Gasteiger partial charge on any atom is -0.313 e. The van der Waals surface area contributed by atoms with E-state index in [1.165, 1.54) is 24.8 Å². The van der Waals surface area contributed by atoms with Crippen molar-refractivity contribution in [2.75, 3.05) is 7.05 Å². The molecule has 0 radical (unpaired) electrons. The first-order valence-corrected chi connectivity index (χ1v) is 7.40. The molecule has 0 heterocycles. The fourth-order valence-electron chi connectivity index (χ4n) is 3.66. The average molecular weight is 266 g/mol. The zero-order chi connectivity index (χ0) is 13.1. The Morgan fingerprint density at radius 1 is 1.17 bits per heavy atom. The summed E-state index contributed by atoms with van der Waals surface area (Å²) in [4.78, 5) is 0. The van der Waals surface area contributed by atoms with E-state index in [9.17, 15) is 0 Å². The molecule has 2 heteroatoms. The van der Waals surface area contributed by atoms with E-state index in [-0.39, 0.29) is 0 Å². The Morgan fingerprint density at radius 2 is 1.83 bits per heavy atom. The summed E-state index contributed by atoms with van der Waals surface area (Å²) in [7, 11) is 2.06. The van der Waals surface area contributed by atoms with Crippen molar-refractivity contribution in [2.45, 2.75) is 39.2 Å². The SMILES string of the molecule is CNC(c1cccc(Cl)c1)C1CC(C)CC(C)C1. The number of halogens is 1. The van der Waals surface area contributed by atoms with Gasteiger partial charge in [0.1, 0.15) is 0 Å². The number of rotatable bonds is 3. The van der Waals surface area contributed by atoms with Crippen molar-refractivity contribution in [3.05, 3.63) is 34.9 Å². The highest BCUT2D eigenvalue weighted by Gasteiger charge is 2.30. The third-order valence-electron chi connectivity index (χ3n) is 4.21. The lowest BCUT2D eigenvalue weighted by atomic mass is 9.72. The molecule has 1 aliphatic carbocycles. The molecule has 0 aliphatic heterocycles. The molecule has 1 fully saturated rings. The summed E-state index contributed by atoms with van der Waals surface area (Å²) in [5.41, 5.74) is 1.33. The van der Waals surface area contributed by atoms with Crippen LogP contribution in [-0.2, 0) is 0 Å². The Kier molecular flexibility index (Phi) is 4.69. The van der Waals surface area contributed by atoms with Gasteiger partial charge >= 0.3 is 0 Å². The maximum Gasteiger partial charge on any atom is 0.0409 e. The van der Waals surface area contributed by atoms with Crippen LogP contribution in [0.4, 0.5) is 0 Å². The zero-order valence-corrected chi connectivity index (χ0v) is 12.4. The molecular formula is C16H24ClN. The van der Waals surface area contributed by atoms with Gasteiger partial charge in [-0.1, -0.05) is 37.6 Å². The number of hydrogen-bond acceptors (Lipinski definition) is 1. The largest absolute Gasteiger partial charge is 0.313 e. The third-order valence-corrected chi connectivity index (χ3v) is 4.44. The Morgan fingerprint density at radius 3 is 2.39 bits per heavy atom. The molecule has 1 N–H and O–H groups in total. The van der Waals surface area contributed by atoms with Gasteiger partial charge in [-0.3, -0.25) is 0 Å². The van der Waals surface area contributed by atoms with E-state index in [0.717, 1.165) is 22.8 Å². The number of hydrogen-bond donors (Lipinski definition) is 1. The van der Waals surface area contributed by atoms with Crippen molar-refractivity contribution in [1.82, 2.24) is 5.32 Å². The molecule has 1 aromatic carbocycles. The standard InChI is InChI=1S/C16H24ClN/c1-11-7-12(2)9-14(8-11)16(18-3)13-5-4-6-15(17)10-13/h4-6,10-12,14,16,18H,7-9H2,1-3H3. The summed E-state index contributed by atoms with van der Waals surface area (Å²) in [6.45, 7) is 4.76. The summed E-state index contributed by atoms with van der Waals surface area (Å²) in [6, 6.07) is 8.74. The first-order valence-electron chi connectivity index (χ1n) is 7.03. The van der Waals surface area contributed by atoms with Gasteiger partial charge in [-0.05, 0) is 61.8 Å². The van der Waals surface area contributed by atoms with Crippen LogP contribution < -0.4 is 5.32 Å². The Labute approximate surface area is 116 Å². The summed E-state index contributed by atoms with van der Waals surface area (Å²) >= 11 is 6.11. The van der Waals surface area contributed by atoms with Crippen LogP contribution in [0, 0.1) is 17.8 Å². The molecule has 18 heavy (non-hydrogen) atoms. The average Bonchev–Trinajstić information content (AvgIpc) is 2.28. The molecule has 1 aromatic rings. The van der Waals surface area contributed by atoms with Crippen LogP contribution in [0.3, 0.4) is 0 Å². The van der Waals surface area contributed by atoms with Crippen LogP contribution in [0.1, 0.15) is 44.7 Å². The van der Waals surface area contributed by atoms with E-state index in [1.54, 1.807) is 0 Å². The predicted octanol–water partition coefficient (Wildman–Crippen LogP) is 4.67. The van der Waals surface area contributed by atoms with Gasteiger partial charge in [0.25, 0.3) is 0 Å². The highest BCUT2D eigenvalue weighted by atomic mass is 35.5. The van der Waals surface area contributed by atoms with Gasteiger partial charge in [0.05, 0.1) is 0 Å². The zero-order valence-electron chi connectivity index (χ0n) is 11.6. The van der Waals surface area contributed by atoms with Crippen LogP contribution in [-0.4, -0.2) is 7.05 Å². The van der Waals surface area contributed by atoms with Crippen LogP contribution in [0.5, 0.6) is 0 Å². The van der Waals surface area contributed by atoms with Gasteiger partial charge in [-0.25, -0.2) is 0 Å². The predicted molar refractivity (Wildman–Crippen MR) is 78.9 cm³/mol. The van der Waals surface area contributed by atoms with Crippen molar-refractivity contribution in [3.63, 3.8) is 0 Å². The van der Waals surface area contributed by atoms with E-state index in [4.69, 9.17) is 11.6 Å². The van der Waals surface area contributed by atoms with E-state index in [0.29, 0.717) is 6.04 Å². The summed E-state index contributed by atoms with van der Waals surface area (Å²) in [5.74, 6) is 2.41. The lowest BCUT2D eigenvalue weighted by Crippen LogP contribution is -2.31. The quantitative estimate of drug-likeness (QED) is 0.837. The Balaban J connectivity index is 2.17. The molecule has 0 saturated heterocycles. The molecule has 0 bridgehead atoms. The smallest absolute Gasteiger partial charge is 0.0409 e. The van der Waals surface area contributed by atoms with Crippen molar-refractivity contribution in [2.24, 2.45) is 17.8 Å². The molecule has 0 aromatic heterocycles. The highest BCUT2D eigenvalue weighted by Crippen LogP contribution is 2.39. The van der Waals surface area contributed by atoms with Crippen LogP contribution in [0.25, 0.3) is 0 Å². The topological polar surface area (TPSA) is 12.0 Å². The molecule has 100 valence electrons. The van der Waals surface area contributed by atoms with E-state index in [1.807, 2.05) is 6.07 Å². The second-order valence-corrected chi connectivity index (χ2v) is 6.44. The van der Waals surface area contributed by atoms with E-state index >= 15 is 0 Å². The van der Waals surface area contributed by atoms with Crippen molar-refractivity contribution < 1.29 is 0 Å². The maximum atomic E-state index is 6.11. The number of benzene rings is 1. The molecular weight excluding hydrogens is 242 g/mol. The fourth-order valence-corrected chi connectivity index (χ4v) is 3.85. The minimum atomic E-state index is 0.439. The van der Waals surface area contributed by atoms with Gasteiger partial charge in [0.15, 0.2) is 0 Å². The normalized spacial score (nSPS) is 30.1.